The number of thiazole rings is 1. The molecule has 2 aromatic carbocycles. The zero-order valence-corrected chi connectivity index (χ0v) is 12.1. The molecular formula is C17H14N2OS. The van der Waals surface area contributed by atoms with Crippen LogP contribution in [0, 0.1) is 0 Å². The van der Waals surface area contributed by atoms with Crippen molar-refractivity contribution in [2.45, 2.75) is 12.5 Å². The number of benzene rings is 2. The first kappa shape index (κ1) is 12.4. The molecule has 0 spiro atoms. The molecule has 0 aliphatic carbocycles. The van der Waals surface area contributed by atoms with Gasteiger partial charge in [-0.25, -0.2) is 4.98 Å². The number of fused-ring (bicyclic) bond motifs is 1. The van der Waals surface area contributed by atoms with E-state index in [1.54, 1.807) is 11.3 Å². The zero-order valence-electron chi connectivity index (χ0n) is 11.3. The normalized spacial score (nSPS) is 18.2. The summed E-state index contributed by atoms with van der Waals surface area (Å²) in [6.45, 7) is 0. The Labute approximate surface area is 126 Å². The molecule has 2 N–H and O–H groups in total. The largest absolute Gasteiger partial charge is 0.471 e. The number of nitrogens with zero attached hydrogens (tertiary/aromatic N) is 1. The monoisotopic (exact) mass is 294 g/mol. The third-order valence-electron chi connectivity index (χ3n) is 3.68. The van der Waals surface area contributed by atoms with E-state index >= 15 is 0 Å². The van der Waals surface area contributed by atoms with Crippen molar-refractivity contribution in [3.8, 4) is 0 Å². The minimum absolute atomic E-state index is 0.00628. The van der Waals surface area contributed by atoms with E-state index in [0.717, 1.165) is 28.1 Å². The highest BCUT2D eigenvalue weighted by Crippen LogP contribution is 2.41. The maximum atomic E-state index is 6.08. The average molecular weight is 294 g/mol. The molecule has 21 heavy (non-hydrogen) atoms. The van der Waals surface area contributed by atoms with Gasteiger partial charge in [0.05, 0.1) is 15.8 Å². The minimum atomic E-state index is -0.00628. The molecule has 0 bridgehead atoms. The van der Waals surface area contributed by atoms with Gasteiger partial charge in [-0.1, -0.05) is 42.5 Å². The Kier molecular flexibility index (Phi) is 2.89. The van der Waals surface area contributed by atoms with Crippen LogP contribution in [0.3, 0.4) is 0 Å². The first-order valence-corrected chi connectivity index (χ1v) is 7.69. The maximum Gasteiger partial charge on any atom is 0.191 e. The summed E-state index contributed by atoms with van der Waals surface area (Å²) in [7, 11) is 0. The molecule has 4 heteroatoms. The second-order valence-electron chi connectivity index (χ2n) is 5.05. The van der Waals surface area contributed by atoms with Gasteiger partial charge in [-0.15, -0.1) is 11.3 Å². The van der Waals surface area contributed by atoms with Gasteiger partial charge in [-0.05, 0) is 17.7 Å². The van der Waals surface area contributed by atoms with E-state index in [0.29, 0.717) is 5.88 Å². The molecule has 0 unspecified atom stereocenters. The molecule has 3 aromatic rings. The van der Waals surface area contributed by atoms with Crippen LogP contribution in [0.1, 0.15) is 23.1 Å². The van der Waals surface area contributed by atoms with Crippen molar-refractivity contribution in [2.75, 3.05) is 0 Å². The molecular weight excluding hydrogens is 280 g/mol. The number of hydrogen-bond donors (Lipinski definition) is 1. The smallest absolute Gasteiger partial charge is 0.191 e. The number of ether oxygens (including phenoxy) is 1. The van der Waals surface area contributed by atoms with Gasteiger partial charge in [-0.3, -0.25) is 0 Å². The molecule has 2 heterocycles. The second kappa shape index (κ2) is 4.90. The summed E-state index contributed by atoms with van der Waals surface area (Å²) >= 11 is 1.67. The zero-order chi connectivity index (χ0) is 14.2. The fourth-order valence-electron chi connectivity index (χ4n) is 2.60. The summed E-state index contributed by atoms with van der Waals surface area (Å²) in [4.78, 5) is 4.67. The Morgan fingerprint density at radius 3 is 2.62 bits per heavy atom. The average Bonchev–Trinajstić information content (AvgIpc) is 3.11. The standard InChI is InChI=1S/C17H14N2OS/c18-16-12(10-14(20-16)11-6-2-1-3-7-11)17-19-13-8-4-5-9-15(13)21-17/h1-9,14H,10,18H2/t14-/m0/s1. The Hall–Kier alpha value is -2.33. The molecule has 104 valence electrons. The number of aromatic nitrogens is 1. The highest BCUT2D eigenvalue weighted by atomic mass is 32.1. The summed E-state index contributed by atoms with van der Waals surface area (Å²) in [5.41, 5.74) is 9.27. The van der Waals surface area contributed by atoms with E-state index in [1.165, 1.54) is 4.70 Å². The number of hydrogen-bond acceptors (Lipinski definition) is 4. The van der Waals surface area contributed by atoms with Crippen LogP contribution in [0.2, 0.25) is 0 Å². The highest BCUT2D eigenvalue weighted by Gasteiger charge is 2.28. The topological polar surface area (TPSA) is 48.1 Å². The van der Waals surface area contributed by atoms with Gasteiger partial charge < -0.3 is 10.5 Å². The van der Waals surface area contributed by atoms with E-state index in [4.69, 9.17) is 10.5 Å². The van der Waals surface area contributed by atoms with Crippen LogP contribution in [0.25, 0.3) is 15.8 Å². The van der Waals surface area contributed by atoms with Gasteiger partial charge >= 0.3 is 0 Å². The van der Waals surface area contributed by atoms with E-state index in [1.807, 2.05) is 36.4 Å². The molecule has 1 aliphatic heterocycles. The predicted octanol–water partition coefficient (Wildman–Crippen LogP) is 4.09. The van der Waals surface area contributed by atoms with E-state index < -0.39 is 0 Å². The third-order valence-corrected chi connectivity index (χ3v) is 4.78. The molecule has 1 aliphatic rings. The number of rotatable bonds is 2. The molecule has 0 radical (unpaired) electrons. The van der Waals surface area contributed by atoms with Crippen LogP contribution in [-0.2, 0) is 4.74 Å². The third kappa shape index (κ3) is 2.17. The quantitative estimate of drug-likeness (QED) is 0.774. The number of para-hydroxylation sites is 1. The molecule has 0 saturated carbocycles. The molecule has 0 amide bonds. The Morgan fingerprint density at radius 1 is 1.05 bits per heavy atom. The molecule has 1 aromatic heterocycles. The summed E-state index contributed by atoms with van der Waals surface area (Å²) in [6.07, 6.45) is 0.767. The van der Waals surface area contributed by atoms with Crippen LogP contribution in [-0.4, -0.2) is 4.98 Å². The molecule has 3 nitrogen and oxygen atoms in total. The Bertz CT molecular complexity index is 790. The van der Waals surface area contributed by atoms with Crippen LogP contribution < -0.4 is 5.73 Å². The second-order valence-corrected chi connectivity index (χ2v) is 6.08. The van der Waals surface area contributed by atoms with Crippen LogP contribution in [0.15, 0.2) is 60.5 Å². The van der Waals surface area contributed by atoms with Gasteiger partial charge in [0.25, 0.3) is 0 Å². The van der Waals surface area contributed by atoms with Gasteiger partial charge in [-0.2, -0.15) is 0 Å². The molecule has 4 rings (SSSR count). The van der Waals surface area contributed by atoms with Gasteiger partial charge in [0.15, 0.2) is 5.88 Å². The van der Waals surface area contributed by atoms with Crippen molar-refractivity contribution in [3.05, 3.63) is 71.1 Å². The lowest BCUT2D eigenvalue weighted by molar-refractivity contribution is 0.143. The lowest BCUT2D eigenvalue weighted by Crippen LogP contribution is -2.01. The van der Waals surface area contributed by atoms with Crippen molar-refractivity contribution in [3.63, 3.8) is 0 Å². The summed E-state index contributed by atoms with van der Waals surface area (Å²) < 4.78 is 7.01. The van der Waals surface area contributed by atoms with Crippen molar-refractivity contribution in [2.24, 2.45) is 5.73 Å². The first-order chi connectivity index (χ1) is 10.3. The van der Waals surface area contributed by atoms with Crippen molar-refractivity contribution in [1.29, 1.82) is 0 Å². The summed E-state index contributed by atoms with van der Waals surface area (Å²) in [5.74, 6) is 0.503. The lowest BCUT2D eigenvalue weighted by atomic mass is 10.0. The summed E-state index contributed by atoms with van der Waals surface area (Å²) in [6, 6.07) is 18.3. The first-order valence-electron chi connectivity index (χ1n) is 6.87. The number of nitrogens with two attached hydrogens (primary N) is 1. The van der Waals surface area contributed by atoms with Crippen molar-refractivity contribution in [1.82, 2.24) is 4.98 Å². The van der Waals surface area contributed by atoms with E-state index in [-0.39, 0.29) is 6.10 Å². The Morgan fingerprint density at radius 2 is 1.81 bits per heavy atom. The van der Waals surface area contributed by atoms with E-state index in [2.05, 4.69) is 23.2 Å². The van der Waals surface area contributed by atoms with Crippen molar-refractivity contribution < 1.29 is 4.74 Å². The van der Waals surface area contributed by atoms with Gasteiger partial charge in [0, 0.05) is 6.42 Å². The lowest BCUT2D eigenvalue weighted by Gasteiger charge is -2.10. The molecule has 0 fully saturated rings. The van der Waals surface area contributed by atoms with Crippen LogP contribution in [0.4, 0.5) is 0 Å². The van der Waals surface area contributed by atoms with Crippen LogP contribution >= 0.6 is 11.3 Å². The summed E-state index contributed by atoms with van der Waals surface area (Å²) in [5, 5.41) is 0.965. The minimum Gasteiger partial charge on any atom is -0.471 e. The highest BCUT2D eigenvalue weighted by molar-refractivity contribution is 7.19. The van der Waals surface area contributed by atoms with Crippen molar-refractivity contribution >= 4 is 27.1 Å². The Balaban J connectivity index is 1.67. The maximum absolute atomic E-state index is 6.08. The van der Waals surface area contributed by atoms with E-state index in [9.17, 15) is 0 Å². The van der Waals surface area contributed by atoms with Gasteiger partial charge in [0.1, 0.15) is 11.1 Å². The van der Waals surface area contributed by atoms with Gasteiger partial charge in [0.2, 0.25) is 0 Å². The fourth-order valence-corrected chi connectivity index (χ4v) is 3.62. The molecule has 0 saturated heterocycles. The van der Waals surface area contributed by atoms with Crippen LogP contribution in [0.5, 0.6) is 0 Å². The SMILES string of the molecule is NC1=C(c2nc3ccccc3s2)C[C@@H](c2ccccc2)O1. The molecule has 1 atom stereocenters. The fraction of sp³-hybridized carbons (Fsp3) is 0.118. The predicted molar refractivity (Wildman–Crippen MR) is 85.6 cm³/mol.